The Morgan fingerprint density at radius 3 is 2.55 bits per heavy atom. The average molecular weight is 161 g/mol. The van der Waals surface area contributed by atoms with Crippen LogP contribution in [0.25, 0.3) is 0 Å². The fourth-order valence-electron chi connectivity index (χ4n) is 0.838. The predicted molar refractivity (Wildman–Crippen MR) is 42.2 cm³/mol. The molecule has 0 bridgehead atoms. The lowest BCUT2D eigenvalue weighted by Gasteiger charge is -2.06. The zero-order valence-electron chi connectivity index (χ0n) is 6.57. The predicted octanol–water partition coefficient (Wildman–Crippen LogP) is 0.666. The highest BCUT2D eigenvalue weighted by Gasteiger charge is 2.02. The molecule has 0 aromatic carbocycles. The van der Waals surface area contributed by atoms with Gasteiger partial charge in [-0.25, -0.2) is 0 Å². The summed E-state index contributed by atoms with van der Waals surface area (Å²) in [4.78, 5) is 9.64. The first-order valence-electron chi connectivity index (χ1n) is 3.89. The van der Waals surface area contributed by atoms with Crippen molar-refractivity contribution in [1.82, 2.24) is 0 Å². The Labute approximate surface area is 66.2 Å². The zero-order valence-corrected chi connectivity index (χ0v) is 6.57. The largest absolute Gasteiger partial charge is 0.396 e. The van der Waals surface area contributed by atoms with Crippen molar-refractivity contribution < 1.29 is 10.2 Å². The molecule has 0 fully saturated rings. The molecule has 4 nitrogen and oxygen atoms in total. The van der Waals surface area contributed by atoms with Gasteiger partial charge in [0.2, 0.25) is 0 Å². The Bertz CT molecular complexity index is 97.7. The summed E-state index contributed by atoms with van der Waals surface area (Å²) in [6, 6.07) is 0. The number of unbranched alkanes of at least 4 members (excludes halogenated alkanes) is 1. The number of nitrogens with zero attached hydrogens (tertiary/aromatic N) is 1. The second-order valence-corrected chi connectivity index (χ2v) is 2.51. The highest BCUT2D eigenvalue weighted by atomic mass is 16.3. The summed E-state index contributed by atoms with van der Waals surface area (Å²) in [5.41, 5.74) is 0. The molecule has 0 aliphatic carbocycles. The van der Waals surface area contributed by atoms with Crippen LogP contribution in [0.1, 0.15) is 25.7 Å². The summed E-state index contributed by atoms with van der Waals surface area (Å²) in [5.74, 6) is 0. The summed E-state index contributed by atoms with van der Waals surface area (Å²) >= 11 is 0. The van der Waals surface area contributed by atoms with Crippen LogP contribution in [-0.4, -0.2) is 29.5 Å². The molecular weight excluding hydrogens is 146 g/mol. The molecule has 66 valence electrons. The van der Waals surface area contributed by atoms with Crippen LogP contribution in [0.2, 0.25) is 0 Å². The maximum atomic E-state index is 9.64. The summed E-state index contributed by atoms with van der Waals surface area (Å²) < 4.78 is 0. The molecule has 2 N–H and O–H groups in total. The second-order valence-electron chi connectivity index (χ2n) is 2.51. The molecule has 0 saturated carbocycles. The number of hydrogen-bond acceptors (Lipinski definition) is 4. The maximum Gasteiger partial charge on any atom is 0.0835 e. The lowest BCUT2D eigenvalue weighted by molar-refractivity contribution is 0.150. The van der Waals surface area contributed by atoms with Crippen LogP contribution in [0.4, 0.5) is 0 Å². The van der Waals surface area contributed by atoms with Crippen molar-refractivity contribution in [2.75, 3.05) is 13.2 Å². The molecule has 0 saturated heterocycles. The number of rotatable bonds is 7. The molecule has 0 aromatic rings. The Morgan fingerprint density at radius 2 is 2.00 bits per heavy atom. The van der Waals surface area contributed by atoms with Crippen LogP contribution in [0.3, 0.4) is 0 Å². The van der Waals surface area contributed by atoms with Gasteiger partial charge in [-0.1, -0.05) is 5.18 Å². The van der Waals surface area contributed by atoms with E-state index in [1.807, 2.05) is 0 Å². The molecule has 11 heavy (non-hydrogen) atoms. The van der Waals surface area contributed by atoms with E-state index in [-0.39, 0.29) is 13.2 Å². The van der Waals surface area contributed by atoms with Gasteiger partial charge in [-0.2, -0.15) is 4.91 Å². The van der Waals surface area contributed by atoms with Crippen molar-refractivity contribution in [2.24, 2.45) is 5.18 Å². The molecule has 0 spiro atoms. The normalized spacial score (nSPS) is 12.9. The molecule has 1 atom stereocenters. The van der Waals surface area contributed by atoms with Crippen molar-refractivity contribution >= 4 is 0 Å². The van der Waals surface area contributed by atoms with Gasteiger partial charge in [-0.3, -0.25) is 0 Å². The molecule has 0 heterocycles. The smallest absolute Gasteiger partial charge is 0.0835 e. The second kappa shape index (κ2) is 7.63. The summed E-state index contributed by atoms with van der Waals surface area (Å²) in [5, 5.41) is 20.2. The van der Waals surface area contributed by atoms with Crippen molar-refractivity contribution in [1.29, 1.82) is 0 Å². The summed E-state index contributed by atoms with van der Waals surface area (Å²) in [6.07, 6.45) is 2.17. The third-order valence-corrected chi connectivity index (χ3v) is 1.50. The quantitative estimate of drug-likeness (QED) is 0.426. The van der Waals surface area contributed by atoms with Gasteiger partial charge in [0.1, 0.15) is 0 Å². The third kappa shape index (κ3) is 7.42. The van der Waals surface area contributed by atoms with Gasteiger partial charge in [0.05, 0.1) is 12.6 Å². The van der Waals surface area contributed by atoms with Crippen LogP contribution in [0, 0.1) is 4.91 Å². The minimum absolute atomic E-state index is 0.165. The molecule has 4 heteroatoms. The van der Waals surface area contributed by atoms with Crippen LogP contribution in [0.5, 0.6) is 0 Å². The standard InChI is InChI=1S/C7H15NO3/c9-6-2-1-3-7(10)4-5-8-11/h7,9-10H,1-6H2. The van der Waals surface area contributed by atoms with Crippen LogP contribution < -0.4 is 0 Å². The first kappa shape index (κ1) is 10.5. The fourth-order valence-corrected chi connectivity index (χ4v) is 0.838. The first-order valence-corrected chi connectivity index (χ1v) is 3.89. The first-order chi connectivity index (χ1) is 5.31. The molecule has 0 aliphatic heterocycles. The Morgan fingerprint density at radius 1 is 1.27 bits per heavy atom. The minimum atomic E-state index is -0.431. The molecule has 1 unspecified atom stereocenters. The zero-order chi connectivity index (χ0) is 8.53. The topological polar surface area (TPSA) is 69.9 Å². The number of aliphatic hydroxyl groups is 2. The van der Waals surface area contributed by atoms with Crippen molar-refractivity contribution in [3.05, 3.63) is 4.91 Å². The maximum absolute atomic E-state index is 9.64. The number of hydrogen-bond donors (Lipinski definition) is 2. The van der Waals surface area contributed by atoms with E-state index in [2.05, 4.69) is 5.18 Å². The monoisotopic (exact) mass is 161 g/mol. The van der Waals surface area contributed by atoms with Crippen molar-refractivity contribution in [2.45, 2.75) is 31.8 Å². The van der Waals surface area contributed by atoms with Gasteiger partial charge in [-0.15, -0.1) is 0 Å². The van der Waals surface area contributed by atoms with Crippen molar-refractivity contribution in [3.8, 4) is 0 Å². The van der Waals surface area contributed by atoms with Gasteiger partial charge >= 0.3 is 0 Å². The summed E-state index contributed by atoms with van der Waals surface area (Å²) in [6.45, 7) is 0.346. The van der Waals surface area contributed by atoms with Crippen molar-refractivity contribution in [3.63, 3.8) is 0 Å². The third-order valence-electron chi connectivity index (χ3n) is 1.50. The van der Waals surface area contributed by atoms with Crippen LogP contribution in [-0.2, 0) is 0 Å². The summed E-state index contributed by atoms with van der Waals surface area (Å²) in [7, 11) is 0. The van der Waals surface area contributed by atoms with E-state index in [1.165, 1.54) is 0 Å². The van der Waals surface area contributed by atoms with Gasteiger partial charge in [0, 0.05) is 6.61 Å². The van der Waals surface area contributed by atoms with E-state index in [0.29, 0.717) is 19.3 Å². The Hall–Kier alpha value is -0.480. The van der Waals surface area contributed by atoms with E-state index in [0.717, 1.165) is 6.42 Å². The van der Waals surface area contributed by atoms with E-state index in [1.54, 1.807) is 0 Å². The Balaban J connectivity index is 3.08. The van der Waals surface area contributed by atoms with Crippen LogP contribution >= 0.6 is 0 Å². The van der Waals surface area contributed by atoms with E-state index in [4.69, 9.17) is 10.2 Å². The van der Waals surface area contributed by atoms with Gasteiger partial charge in [-0.05, 0) is 25.7 Å². The fraction of sp³-hybridized carbons (Fsp3) is 1.00. The lowest BCUT2D eigenvalue weighted by atomic mass is 10.1. The molecule has 0 aliphatic rings. The molecule has 0 aromatic heterocycles. The average Bonchev–Trinajstić information content (AvgIpc) is 2.01. The molecule has 0 rings (SSSR count). The van der Waals surface area contributed by atoms with E-state index in [9.17, 15) is 4.91 Å². The molecular formula is C7H15NO3. The van der Waals surface area contributed by atoms with Gasteiger partial charge in [0.25, 0.3) is 0 Å². The molecule has 0 amide bonds. The SMILES string of the molecule is O=NCCC(O)CCCCO. The van der Waals surface area contributed by atoms with Gasteiger partial charge < -0.3 is 10.2 Å². The minimum Gasteiger partial charge on any atom is -0.396 e. The van der Waals surface area contributed by atoms with Crippen LogP contribution in [0.15, 0.2) is 5.18 Å². The van der Waals surface area contributed by atoms with E-state index < -0.39 is 6.10 Å². The highest BCUT2D eigenvalue weighted by Crippen LogP contribution is 2.03. The van der Waals surface area contributed by atoms with Gasteiger partial charge in [0.15, 0.2) is 0 Å². The highest BCUT2D eigenvalue weighted by molar-refractivity contribution is 4.57. The Kier molecular flexibility index (Phi) is 7.29. The number of nitroso groups, excluding NO2 is 1. The lowest BCUT2D eigenvalue weighted by Crippen LogP contribution is -2.07. The number of aliphatic hydroxyl groups excluding tert-OH is 2. The molecule has 0 radical (unpaired) electrons. The van der Waals surface area contributed by atoms with E-state index >= 15 is 0 Å².